The zero-order valence-electron chi connectivity index (χ0n) is 31.7. The average Bonchev–Trinajstić information content (AvgIpc) is 3.09. The number of nitrogens with two attached hydrogens (primary N) is 1. The van der Waals surface area contributed by atoms with Gasteiger partial charge in [0.25, 0.3) is 7.82 Å². The van der Waals surface area contributed by atoms with Crippen LogP contribution in [0, 0.1) is 0 Å². The number of phosphoric ester groups is 1. The topological polar surface area (TPSA) is 177 Å². The fourth-order valence-electron chi connectivity index (χ4n) is 5.64. The molecule has 0 heterocycles. The largest absolute Gasteiger partial charge is 0.756 e. The van der Waals surface area contributed by atoms with E-state index in [1.807, 2.05) is 0 Å². The van der Waals surface area contributed by atoms with Crippen molar-refractivity contribution in [3.8, 4) is 0 Å². The molecular weight excluding hydrogens is 661 g/mol. The summed E-state index contributed by atoms with van der Waals surface area (Å²) in [6, 6.07) is -1.67. The Hall–Kier alpha value is -1.52. The van der Waals surface area contributed by atoms with Crippen LogP contribution in [0.4, 0.5) is 0 Å². The number of carboxylic acids is 1. The van der Waals surface area contributed by atoms with Gasteiger partial charge in [0.1, 0.15) is 6.61 Å². The second kappa shape index (κ2) is 34.6. The maximum Gasteiger partial charge on any atom is 0.306 e. The Balaban J connectivity index is 4.38. The standard InChI is InChI=1S/C38H74NO10P/c1-3-5-7-9-11-13-15-17-19-21-23-25-27-29-36(40)46-31-34(32-47-50(44,45)48-33-35(39)38(42)43)49-37(41)30-28-26-24-22-20-18-16-14-12-10-8-6-4-2/h34-35H,3-33,39H2,1-2H3,(H,42,43)(H,44,45)/p-2. The number of rotatable bonds is 38. The van der Waals surface area contributed by atoms with Crippen LogP contribution in [-0.4, -0.2) is 49.9 Å². The number of carboxylic acid groups (broad SMARTS) is 1. The van der Waals surface area contributed by atoms with E-state index in [0.717, 1.165) is 38.5 Å². The molecule has 12 heteroatoms. The van der Waals surface area contributed by atoms with E-state index < -0.39 is 51.1 Å². The maximum absolute atomic E-state index is 12.5. The molecule has 0 aromatic carbocycles. The van der Waals surface area contributed by atoms with Gasteiger partial charge < -0.3 is 39.0 Å². The van der Waals surface area contributed by atoms with Crippen molar-refractivity contribution in [2.75, 3.05) is 19.8 Å². The molecule has 3 atom stereocenters. The molecule has 0 saturated carbocycles. The van der Waals surface area contributed by atoms with Crippen molar-refractivity contribution in [3.63, 3.8) is 0 Å². The van der Waals surface area contributed by atoms with Crippen LogP contribution in [-0.2, 0) is 37.5 Å². The van der Waals surface area contributed by atoms with Crippen LogP contribution >= 0.6 is 7.82 Å². The quantitative estimate of drug-likeness (QED) is 0.0370. The number of hydrogen-bond donors (Lipinski definition) is 1. The molecule has 50 heavy (non-hydrogen) atoms. The zero-order valence-corrected chi connectivity index (χ0v) is 32.6. The van der Waals surface area contributed by atoms with E-state index in [-0.39, 0.29) is 19.4 Å². The number of aliphatic carboxylic acids is 1. The van der Waals surface area contributed by atoms with E-state index in [4.69, 9.17) is 19.7 Å². The summed E-state index contributed by atoms with van der Waals surface area (Å²) in [6.07, 6.45) is 29.9. The lowest BCUT2D eigenvalue weighted by Crippen LogP contribution is -2.45. The zero-order chi connectivity index (χ0) is 37.1. The molecule has 0 fully saturated rings. The van der Waals surface area contributed by atoms with Crippen LogP contribution in [0.3, 0.4) is 0 Å². The van der Waals surface area contributed by atoms with E-state index in [1.165, 1.54) is 116 Å². The van der Waals surface area contributed by atoms with E-state index in [1.54, 1.807) is 0 Å². The molecular formula is C38H72NO10P-2. The lowest BCUT2D eigenvalue weighted by atomic mass is 10.0. The van der Waals surface area contributed by atoms with E-state index in [2.05, 4.69) is 18.4 Å². The number of unbranched alkanes of at least 4 members (excludes halogenated alkanes) is 24. The van der Waals surface area contributed by atoms with Crippen molar-refractivity contribution in [1.29, 1.82) is 0 Å². The molecule has 0 aliphatic heterocycles. The van der Waals surface area contributed by atoms with E-state index in [9.17, 15) is 28.9 Å². The lowest BCUT2D eigenvalue weighted by molar-refractivity contribution is -0.308. The van der Waals surface area contributed by atoms with Crippen molar-refractivity contribution < 1.29 is 47.5 Å². The number of esters is 2. The predicted molar refractivity (Wildman–Crippen MR) is 194 cm³/mol. The first-order valence-electron chi connectivity index (χ1n) is 20.0. The van der Waals surface area contributed by atoms with Gasteiger partial charge in [-0.15, -0.1) is 0 Å². The van der Waals surface area contributed by atoms with Gasteiger partial charge in [0.15, 0.2) is 6.10 Å². The summed E-state index contributed by atoms with van der Waals surface area (Å²) in [7, 11) is -4.98. The van der Waals surface area contributed by atoms with E-state index in [0.29, 0.717) is 12.8 Å². The minimum Gasteiger partial charge on any atom is -0.756 e. The fraction of sp³-hybridized carbons (Fsp3) is 0.921. The third-order valence-corrected chi connectivity index (χ3v) is 9.76. The first-order valence-corrected chi connectivity index (χ1v) is 21.5. The SMILES string of the molecule is CCCCCCCCCCCCCCCC(=O)OCC(COP(=O)([O-])OCC(N)C(=O)[O-])OC(=O)CCCCCCCCCCCCCCC. The highest BCUT2D eigenvalue weighted by Gasteiger charge is 2.21. The molecule has 0 aliphatic rings. The number of carbonyl (C=O) groups excluding carboxylic acids is 3. The lowest BCUT2D eigenvalue weighted by Gasteiger charge is -2.26. The molecule has 0 rings (SSSR count). The number of carbonyl (C=O) groups is 3. The Kier molecular flexibility index (Phi) is 33.5. The molecule has 0 aromatic rings. The molecule has 3 unspecified atom stereocenters. The van der Waals surface area contributed by atoms with Crippen molar-refractivity contribution in [3.05, 3.63) is 0 Å². The van der Waals surface area contributed by atoms with E-state index >= 15 is 0 Å². The van der Waals surface area contributed by atoms with Crippen LogP contribution in [0.2, 0.25) is 0 Å². The number of ether oxygens (including phenoxy) is 2. The molecule has 0 aliphatic carbocycles. The van der Waals surface area contributed by atoms with Crippen molar-refractivity contribution in [2.24, 2.45) is 5.73 Å². The Morgan fingerprint density at radius 3 is 1.26 bits per heavy atom. The Labute approximate surface area is 304 Å². The maximum atomic E-state index is 12.5. The first-order chi connectivity index (χ1) is 24.1. The monoisotopic (exact) mass is 733 g/mol. The van der Waals surface area contributed by atoms with Crippen molar-refractivity contribution in [1.82, 2.24) is 0 Å². The Bertz CT molecular complexity index is 875. The second-order valence-corrected chi connectivity index (χ2v) is 15.2. The van der Waals surface area contributed by atoms with Crippen LogP contribution < -0.4 is 15.7 Å². The second-order valence-electron chi connectivity index (χ2n) is 13.7. The van der Waals surface area contributed by atoms with Crippen LogP contribution in [0.25, 0.3) is 0 Å². The molecule has 0 saturated heterocycles. The van der Waals surface area contributed by atoms with Crippen LogP contribution in [0.1, 0.15) is 194 Å². The molecule has 0 aromatic heterocycles. The normalized spacial score (nSPS) is 13.8. The summed E-state index contributed by atoms with van der Waals surface area (Å²) in [5, 5.41) is 10.7. The summed E-state index contributed by atoms with van der Waals surface area (Å²) < 4.78 is 32.1. The van der Waals surface area contributed by atoms with Gasteiger partial charge in [-0.1, -0.05) is 168 Å². The fourth-order valence-corrected chi connectivity index (χ4v) is 6.41. The van der Waals surface area contributed by atoms with Gasteiger partial charge in [-0.05, 0) is 12.8 Å². The van der Waals surface area contributed by atoms with Crippen molar-refractivity contribution in [2.45, 2.75) is 206 Å². The molecule has 0 amide bonds. The highest BCUT2D eigenvalue weighted by atomic mass is 31.2. The molecule has 2 N–H and O–H groups in total. The molecule has 11 nitrogen and oxygen atoms in total. The molecule has 0 radical (unpaired) electrons. The Morgan fingerprint density at radius 2 is 0.880 bits per heavy atom. The van der Waals surface area contributed by atoms with Gasteiger partial charge in [0, 0.05) is 12.8 Å². The number of hydrogen-bond acceptors (Lipinski definition) is 11. The molecule has 0 bridgehead atoms. The minimum atomic E-state index is -4.98. The first kappa shape index (κ1) is 48.5. The molecule has 296 valence electrons. The summed E-state index contributed by atoms with van der Waals surface area (Å²) >= 11 is 0. The van der Waals surface area contributed by atoms with Gasteiger partial charge in [-0.3, -0.25) is 14.2 Å². The smallest absolute Gasteiger partial charge is 0.306 e. The predicted octanol–water partition coefficient (Wildman–Crippen LogP) is 7.98. The third kappa shape index (κ3) is 33.6. The van der Waals surface area contributed by atoms with Crippen LogP contribution in [0.15, 0.2) is 0 Å². The highest BCUT2D eigenvalue weighted by molar-refractivity contribution is 7.45. The third-order valence-electron chi connectivity index (χ3n) is 8.83. The van der Waals surface area contributed by atoms with Gasteiger partial charge in [-0.2, -0.15) is 0 Å². The molecule has 0 spiro atoms. The summed E-state index contributed by atoms with van der Waals surface area (Å²) in [6.45, 7) is 2.56. The highest BCUT2D eigenvalue weighted by Crippen LogP contribution is 2.38. The number of phosphoric acid groups is 1. The van der Waals surface area contributed by atoms with Gasteiger partial charge >= 0.3 is 11.9 Å². The minimum absolute atomic E-state index is 0.146. The summed E-state index contributed by atoms with van der Waals surface area (Å²) in [5.41, 5.74) is 5.23. The average molecular weight is 734 g/mol. The van der Waals surface area contributed by atoms with Gasteiger partial charge in [0.2, 0.25) is 0 Å². The Morgan fingerprint density at radius 1 is 0.540 bits per heavy atom. The van der Waals surface area contributed by atoms with Crippen molar-refractivity contribution >= 4 is 25.7 Å². The van der Waals surface area contributed by atoms with Gasteiger partial charge in [0.05, 0.1) is 25.2 Å². The van der Waals surface area contributed by atoms with Gasteiger partial charge in [-0.25, -0.2) is 0 Å². The summed E-state index contributed by atoms with van der Waals surface area (Å²) in [5.74, 6) is -2.69. The summed E-state index contributed by atoms with van der Waals surface area (Å²) in [4.78, 5) is 47.8. The van der Waals surface area contributed by atoms with Crippen LogP contribution in [0.5, 0.6) is 0 Å².